The molecule has 0 fully saturated rings. The largest absolute Gasteiger partial charge is 0.497 e. The second kappa shape index (κ2) is 5.63. The first-order chi connectivity index (χ1) is 11.8. The number of hydrogen-bond acceptors (Lipinski definition) is 6. The normalized spacial score (nSPS) is 12.0. The second-order valence-electron chi connectivity index (χ2n) is 5.25. The van der Waals surface area contributed by atoms with Gasteiger partial charge in [0.1, 0.15) is 17.6 Å². The number of benzene rings is 2. The number of rotatable bonds is 3. The molecule has 2 heterocycles. The van der Waals surface area contributed by atoms with Gasteiger partial charge in [0.05, 0.1) is 18.2 Å². The maximum atomic E-state index is 9.41. The van der Waals surface area contributed by atoms with Crippen molar-refractivity contribution >= 4 is 22.4 Å². The summed E-state index contributed by atoms with van der Waals surface area (Å²) in [7, 11) is 1.61. The minimum absolute atomic E-state index is 0.219. The van der Waals surface area contributed by atoms with Gasteiger partial charge in [-0.15, -0.1) is 0 Å². The van der Waals surface area contributed by atoms with E-state index >= 15 is 0 Å². The molecule has 6 heteroatoms. The first-order valence-corrected chi connectivity index (χ1v) is 7.32. The van der Waals surface area contributed by atoms with Crippen LogP contribution in [0.1, 0.15) is 5.56 Å². The summed E-state index contributed by atoms with van der Waals surface area (Å²) in [6.07, 6.45) is 0. The summed E-state index contributed by atoms with van der Waals surface area (Å²) in [5.74, 6) is 2.57. The van der Waals surface area contributed by atoms with Crippen molar-refractivity contribution < 1.29 is 14.2 Å². The second-order valence-corrected chi connectivity index (χ2v) is 5.25. The van der Waals surface area contributed by atoms with Gasteiger partial charge in [-0.1, -0.05) is 0 Å². The van der Waals surface area contributed by atoms with E-state index in [2.05, 4.69) is 16.4 Å². The number of nitriles is 1. The fourth-order valence-corrected chi connectivity index (χ4v) is 2.57. The maximum absolute atomic E-state index is 9.41. The third kappa shape index (κ3) is 2.42. The predicted octanol–water partition coefficient (Wildman–Crippen LogP) is 3.59. The van der Waals surface area contributed by atoms with E-state index in [1.807, 2.05) is 36.4 Å². The van der Waals surface area contributed by atoms with Gasteiger partial charge in [-0.2, -0.15) is 5.26 Å². The van der Waals surface area contributed by atoms with Gasteiger partial charge < -0.3 is 19.5 Å². The number of anilines is 2. The summed E-state index contributed by atoms with van der Waals surface area (Å²) < 4.78 is 15.9. The van der Waals surface area contributed by atoms with Crippen LogP contribution in [0.3, 0.4) is 0 Å². The lowest BCUT2D eigenvalue weighted by molar-refractivity contribution is 0.174. The highest BCUT2D eigenvalue weighted by Crippen LogP contribution is 2.35. The van der Waals surface area contributed by atoms with Crippen LogP contribution in [0.2, 0.25) is 0 Å². The smallest absolute Gasteiger partial charge is 0.231 e. The Bertz CT molecular complexity index is 979. The Balaban J connectivity index is 1.76. The molecule has 6 nitrogen and oxygen atoms in total. The average molecular weight is 319 g/mol. The summed E-state index contributed by atoms with van der Waals surface area (Å²) in [5.41, 5.74) is 1.98. The first kappa shape index (κ1) is 14.2. The molecule has 4 rings (SSSR count). The zero-order chi connectivity index (χ0) is 16.5. The number of aromatic nitrogens is 1. The van der Waals surface area contributed by atoms with Gasteiger partial charge in [0.25, 0.3) is 0 Å². The Morgan fingerprint density at radius 2 is 2.00 bits per heavy atom. The molecular weight excluding hydrogens is 306 g/mol. The molecule has 0 saturated heterocycles. The molecule has 3 aromatic rings. The Morgan fingerprint density at radius 1 is 1.12 bits per heavy atom. The Hall–Kier alpha value is -3.46. The molecule has 0 bridgehead atoms. The van der Waals surface area contributed by atoms with Gasteiger partial charge in [-0.05, 0) is 30.3 Å². The summed E-state index contributed by atoms with van der Waals surface area (Å²) in [6.45, 7) is 0.219. The van der Waals surface area contributed by atoms with E-state index in [1.54, 1.807) is 13.2 Å². The van der Waals surface area contributed by atoms with Gasteiger partial charge in [0, 0.05) is 23.2 Å². The lowest BCUT2D eigenvalue weighted by Crippen LogP contribution is -1.98. The van der Waals surface area contributed by atoms with Crippen LogP contribution in [0.15, 0.2) is 42.5 Å². The Labute approximate surface area is 138 Å². The van der Waals surface area contributed by atoms with Crippen LogP contribution in [-0.4, -0.2) is 18.9 Å². The van der Waals surface area contributed by atoms with Crippen molar-refractivity contribution in [2.45, 2.75) is 0 Å². The van der Waals surface area contributed by atoms with E-state index in [0.29, 0.717) is 28.6 Å². The third-order valence-electron chi connectivity index (χ3n) is 3.78. The van der Waals surface area contributed by atoms with Crippen LogP contribution >= 0.6 is 0 Å². The molecule has 0 atom stereocenters. The molecule has 0 amide bonds. The van der Waals surface area contributed by atoms with Crippen molar-refractivity contribution in [2.75, 3.05) is 19.2 Å². The average Bonchev–Trinajstić information content (AvgIpc) is 3.08. The molecule has 0 aliphatic carbocycles. The Morgan fingerprint density at radius 3 is 2.83 bits per heavy atom. The SMILES string of the molecule is COc1ccc2cc(C#N)c(Nc3ccc4c(c3)OCO4)nc2c1. The van der Waals surface area contributed by atoms with Crippen molar-refractivity contribution in [3.8, 4) is 23.3 Å². The van der Waals surface area contributed by atoms with Crippen molar-refractivity contribution in [3.63, 3.8) is 0 Å². The standard InChI is InChI=1S/C18H13N3O3/c1-22-14-4-2-11-6-12(9-19)18(21-15(11)8-14)20-13-3-5-16-17(7-13)24-10-23-16/h2-8H,10H2,1H3,(H,20,21). The molecule has 2 aromatic carbocycles. The van der Waals surface area contributed by atoms with Gasteiger partial charge >= 0.3 is 0 Å². The number of nitrogens with zero attached hydrogens (tertiary/aromatic N) is 2. The number of nitrogens with one attached hydrogen (secondary N) is 1. The van der Waals surface area contributed by atoms with Crippen LogP contribution in [-0.2, 0) is 0 Å². The van der Waals surface area contributed by atoms with E-state index in [1.165, 1.54) is 0 Å². The highest BCUT2D eigenvalue weighted by atomic mass is 16.7. The van der Waals surface area contributed by atoms with Crippen molar-refractivity contribution in [2.24, 2.45) is 0 Å². The number of ether oxygens (including phenoxy) is 3. The van der Waals surface area contributed by atoms with Gasteiger partial charge in [0.15, 0.2) is 11.5 Å². The van der Waals surface area contributed by atoms with Crippen molar-refractivity contribution in [1.82, 2.24) is 4.98 Å². The molecule has 0 radical (unpaired) electrons. The van der Waals surface area contributed by atoms with Gasteiger partial charge in [-0.3, -0.25) is 0 Å². The molecule has 24 heavy (non-hydrogen) atoms. The molecule has 0 spiro atoms. The van der Waals surface area contributed by atoms with Gasteiger partial charge in [0.2, 0.25) is 6.79 Å². The number of pyridine rings is 1. The van der Waals surface area contributed by atoms with Crippen LogP contribution < -0.4 is 19.5 Å². The minimum atomic E-state index is 0.219. The fourth-order valence-electron chi connectivity index (χ4n) is 2.57. The number of hydrogen-bond donors (Lipinski definition) is 1. The fraction of sp³-hybridized carbons (Fsp3) is 0.111. The number of methoxy groups -OCH3 is 1. The van der Waals surface area contributed by atoms with E-state index in [-0.39, 0.29) is 6.79 Å². The zero-order valence-corrected chi connectivity index (χ0v) is 12.9. The molecule has 118 valence electrons. The van der Waals surface area contributed by atoms with Crippen LogP contribution in [0.4, 0.5) is 11.5 Å². The summed E-state index contributed by atoms with van der Waals surface area (Å²) in [4.78, 5) is 4.56. The lowest BCUT2D eigenvalue weighted by atomic mass is 10.1. The van der Waals surface area contributed by atoms with E-state index < -0.39 is 0 Å². The number of fused-ring (bicyclic) bond motifs is 2. The summed E-state index contributed by atoms with van der Waals surface area (Å²) in [5, 5.41) is 13.5. The monoisotopic (exact) mass is 319 g/mol. The van der Waals surface area contributed by atoms with Crippen molar-refractivity contribution in [1.29, 1.82) is 5.26 Å². The third-order valence-corrected chi connectivity index (χ3v) is 3.78. The van der Waals surface area contributed by atoms with E-state index in [4.69, 9.17) is 14.2 Å². The van der Waals surface area contributed by atoms with E-state index in [9.17, 15) is 5.26 Å². The van der Waals surface area contributed by atoms with Crippen LogP contribution in [0, 0.1) is 11.3 Å². The quantitative estimate of drug-likeness (QED) is 0.795. The highest BCUT2D eigenvalue weighted by molar-refractivity contribution is 5.85. The molecule has 0 saturated carbocycles. The predicted molar refractivity (Wildman–Crippen MR) is 88.9 cm³/mol. The Kier molecular flexibility index (Phi) is 3.32. The topological polar surface area (TPSA) is 76.4 Å². The lowest BCUT2D eigenvalue weighted by Gasteiger charge is -2.10. The summed E-state index contributed by atoms with van der Waals surface area (Å²) >= 11 is 0. The van der Waals surface area contributed by atoms with E-state index in [0.717, 1.165) is 16.6 Å². The van der Waals surface area contributed by atoms with Crippen molar-refractivity contribution in [3.05, 3.63) is 48.0 Å². The molecule has 1 aliphatic rings. The van der Waals surface area contributed by atoms with Crippen LogP contribution in [0.5, 0.6) is 17.2 Å². The molecule has 1 aromatic heterocycles. The molecule has 1 N–H and O–H groups in total. The molecular formula is C18H13N3O3. The molecule has 0 unspecified atom stereocenters. The maximum Gasteiger partial charge on any atom is 0.231 e. The minimum Gasteiger partial charge on any atom is -0.497 e. The first-order valence-electron chi connectivity index (χ1n) is 7.32. The highest BCUT2D eigenvalue weighted by Gasteiger charge is 2.14. The van der Waals surface area contributed by atoms with Gasteiger partial charge in [-0.25, -0.2) is 4.98 Å². The van der Waals surface area contributed by atoms with Crippen LogP contribution in [0.25, 0.3) is 10.9 Å². The summed E-state index contributed by atoms with van der Waals surface area (Å²) in [6, 6.07) is 15.0. The zero-order valence-electron chi connectivity index (χ0n) is 12.9. The molecule has 1 aliphatic heterocycles.